The first-order chi connectivity index (χ1) is 10.1. The van der Waals surface area contributed by atoms with Crippen LogP contribution in [0.3, 0.4) is 0 Å². The fraction of sp³-hybridized carbons (Fsp3) is 0.333. The largest absolute Gasteiger partial charge is 0.449 e. The summed E-state index contributed by atoms with van der Waals surface area (Å²) in [4.78, 5) is 26.0. The van der Waals surface area contributed by atoms with Crippen LogP contribution in [0.2, 0.25) is 0 Å². The van der Waals surface area contributed by atoms with E-state index in [-0.39, 0.29) is 18.8 Å². The number of hydrogen-bond donors (Lipinski definition) is 2. The third kappa shape index (κ3) is 2.72. The number of aromatic nitrogens is 2. The molecule has 112 valence electrons. The molecule has 1 aliphatic heterocycles. The highest BCUT2D eigenvalue weighted by atomic mass is 79.9. The van der Waals surface area contributed by atoms with Gasteiger partial charge in [0.15, 0.2) is 17.2 Å². The van der Waals surface area contributed by atoms with Crippen LogP contribution in [0.1, 0.15) is 6.23 Å². The average molecular weight is 359 g/mol. The van der Waals surface area contributed by atoms with Gasteiger partial charge >= 0.3 is 5.69 Å². The molecule has 0 saturated carbocycles. The number of nitrogens with zero attached hydrogens (tertiary/aromatic N) is 1. The highest BCUT2D eigenvalue weighted by molar-refractivity contribution is 9.10. The van der Waals surface area contributed by atoms with Gasteiger partial charge in [-0.15, -0.1) is 0 Å². The summed E-state index contributed by atoms with van der Waals surface area (Å²) in [6.07, 6.45) is -0.154. The summed E-state index contributed by atoms with van der Waals surface area (Å²) in [5, 5.41) is 8.96. The van der Waals surface area contributed by atoms with Crippen molar-refractivity contribution in [2.75, 3.05) is 13.2 Å². The predicted octanol–water partition coefficient (Wildman–Crippen LogP) is 0.423. The molecule has 0 aliphatic carbocycles. The van der Waals surface area contributed by atoms with Crippen LogP contribution in [0, 0.1) is 0 Å². The van der Waals surface area contributed by atoms with E-state index in [1.54, 1.807) is 12.1 Å². The number of furan rings is 1. The lowest BCUT2D eigenvalue weighted by Crippen LogP contribution is -2.34. The number of aromatic amines is 1. The van der Waals surface area contributed by atoms with Gasteiger partial charge in [-0.3, -0.25) is 14.3 Å². The molecule has 0 spiro atoms. The molecule has 3 rings (SSSR count). The summed E-state index contributed by atoms with van der Waals surface area (Å²) in [6, 6.07) is 3.24. The number of nitrogens with one attached hydrogen (secondary N) is 1. The van der Waals surface area contributed by atoms with E-state index >= 15 is 0 Å². The minimum absolute atomic E-state index is 0.0957. The second-order valence-corrected chi connectivity index (χ2v) is 5.13. The molecule has 9 heteroatoms. The Labute approximate surface area is 126 Å². The second kappa shape index (κ2) is 5.60. The monoisotopic (exact) mass is 358 g/mol. The van der Waals surface area contributed by atoms with Crippen LogP contribution < -0.4 is 11.2 Å². The van der Waals surface area contributed by atoms with E-state index < -0.39 is 23.8 Å². The molecule has 2 N–H and O–H groups in total. The summed E-state index contributed by atoms with van der Waals surface area (Å²) in [7, 11) is 0. The quantitative estimate of drug-likeness (QED) is 0.823. The van der Waals surface area contributed by atoms with E-state index in [2.05, 4.69) is 20.9 Å². The van der Waals surface area contributed by atoms with Gasteiger partial charge in [0.25, 0.3) is 5.56 Å². The smallest absolute Gasteiger partial charge is 0.330 e. The number of H-pyrrole nitrogens is 1. The fourth-order valence-electron chi connectivity index (χ4n) is 2.02. The van der Waals surface area contributed by atoms with Crippen LogP contribution in [-0.4, -0.2) is 34.2 Å². The molecule has 3 heterocycles. The lowest BCUT2D eigenvalue weighted by Gasteiger charge is -2.12. The lowest BCUT2D eigenvalue weighted by molar-refractivity contribution is -0.0992. The van der Waals surface area contributed by atoms with Crippen LogP contribution in [0.15, 0.2) is 37.0 Å². The average Bonchev–Trinajstić information content (AvgIpc) is 3.08. The zero-order valence-corrected chi connectivity index (χ0v) is 12.2. The molecule has 0 amide bonds. The van der Waals surface area contributed by atoms with Crippen molar-refractivity contribution in [1.82, 2.24) is 9.55 Å². The molecule has 1 aliphatic rings. The molecule has 2 aromatic rings. The number of rotatable bonds is 3. The zero-order chi connectivity index (χ0) is 15.0. The summed E-state index contributed by atoms with van der Waals surface area (Å²) < 4.78 is 17.5. The van der Waals surface area contributed by atoms with Gasteiger partial charge in [0.05, 0.1) is 18.8 Å². The topological polar surface area (TPSA) is 107 Å². The Morgan fingerprint density at radius 3 is 2.86 bits per heavy atom. The van der Waals surface area contributed by atoms with Crippen LogP contribution in [-0.2, 0) is 9.47 Å². The first kappa shape index (κ1) is 14.3. The molecule has 1 fully saturated rings. The highest BCUT2D eigenvalue weighted by Crippen LogP contribution is 2.24. The maximum atomic E-state index is 11.9. The van der Waals surface area contributed by atoms with Gasteiger partial charge in [0.2, 0.25) is 0 Å². The molecule has 0 bridgehead atoms. The molecule has 2 unspecified atom stereocenters. The Kier molecular flexibility index (Phi) is 3.81. The SMILES string of the molecule is O=c1[nH]c(=O)n(C2COC(CO)O2)cc1-c1ccc(Br)o1. The van der Waals surface area contributed by atoms with Crippen molar-refractivity contribution < 1.29 is 19.0 Å². The number of ether oxygens (including phenoxy) is 2. The fourth-order valence-corrected chi connectivity index (χ4v) is 2.33. The van der Waals surface area contributed by atoms with Crippen LogP contribution in [0.5, 0.6) is 0 Å². The Bertz CT molecular complexity index is 764. The summed E-state index contributed by atoms with van der Waals surface area (Å²) in [5.74, 6) is 0.314. The Balaban J connectivity index is 2.02. The Morgan fingerprint density at radius 2 is 2.24 bits per heavy atom. The summed E-state index contributed by atoms with van der Waals surface area (Å²) in [6.45, 7) is -0.217. The molecule has 21 heavy (non-hydrogen) atoms. The van der Waals surface area contributed by atoms with Crippen LogP contribution in [0.4, 0.5) is 0 Å². The van der Waals surface area contributed by atoms with Crippen LogP contribution >= 0.6 is 15.9 Å². The van der Waals surface area contributed by atoms with E-state index in [1.165, 1.54) is 10.8 Å². The first-order valence-electron chi connectivity index (χ1n) is 6.07. The summed E-state index contributed by atoms with van der Waals surface area (Å²) >= 11 is 3.15. The van der Waals surface area contributed by atoms with Crippen molar-refractivity contribution in [2.24, 2.45) is 0 Å². The van der Waals surface area contributed by atoms with Gasteiger partial charge in [0.1, 0.15) is 5.76 Å². The first-order valence-corrected chi connectivity index (χ1v) is 6.87. The van der Waals surface area contributed by atoms with Gasteiger partial charge < -0.3 is 19.0 Å². The molecule has 2 atom stereocenters. The van der Waals surface area contributed by atoms with E-state index in [0.717, 1.165) is 0 Å². The minimum atomic E-state index is -0.782. The highest BCUT2D eigenvalue weighted by Gasteiger charge is 2.28. The number of aliphatic hydroxyl groups is 1. The number of aliphatic hydroxyl groups excluding tert-OH is 1. The van der Waals surface area contributed by atoms with E-state index in [4.69, 9.17) is 19.0 Å². The van der Waals surface area contributed by atoms with Crippen molar-refractivity contribution in [1.29, 1.82) is 0 Å². The minimum Gasteiger partial charge on any atom is -0.449 e. The van der Waals surface area contributed by atoms with Gasteiger partial charge in [0, 0.05) is 6.20 Å². The Morgan fingerprint density at radius 1 is 1.43 bits per heavy atom. The van der Waals surface area contributed by atoms with Gasteiger partial charge in [-0.1, -0.05) is 0 Å². The maximum Gasteiger partial charge on any atom is 0.330 e. The maximum absolute atomic E-state index is 11.9. The molecule has 1 saturated heterocycles. The van der Waals surface area contributed by atoms with Crippen molar-refractivity contribution in [3.8, 4) is 11.3 Å². The molecular formula is C12H11BrN2O6. The van der Waals surface area contributed by atoms with E-state index in [1.807, 2.05) is 0 Å². The van der Waals surface area contributed by atoms with Crippen molar-refractivity contribution in [3.05, 3.63) is 43.8 Å². The third-order valence-electron chi connectivity index (χ3n) is 3.00. The summed E-state index contributed by atoms with van der Waals surface area (Å²) in [5.41, 5.74) is -0.992. The zero-order valence-electron chi connectivity index (χ0n) is 10.6. The number of hydrogen-bond acceptors (Lipinski definition) is 6. The number of halogens is 1. The van der Waals surface area contributed by atoms with Crippen molar-refractivity contribution >= 4 is 15.9 Å². The van der Waals surface area contributed by atoms with E-state index in [9.17, 15) is 9.59 Å². The van der Waals surface area contributed by atoms with Gasteiger partial charge in [-0.25, -0.2) is 4.79 Å². The van der Waals surface area contributed by atoms with E-state index in [0.29, 0.717) is 10.4 Å². The molecule has 2 aromatic heterocycles. The van der Waals surface area contributed by atoms with Crippen molar-refractivity contribution in [3.63, 3.8) is 0 Å². The predicted molar refractivity (Wildman–Crippen MR) is 73.7 cm³/mol. The standard InChI is InChI=1S/C12H11BrN2O6/c13-8-2-1-7(20-8)6-3-15(12(18)14-11(6)17)9-5-19-10(4-16)21-9/h1-3,9-10,16H,4-5H2,(H,14,17,18). The lowest BCUT2D eigenvalue weighted by atomic mass is 10.2. The molecular weight excluding hydrogens is 348 g/mol. The molecule has 0 aromatic carbocycles. The normalized spacial score (nSPS) is 21.8. The van der Waals surface area contributed by atoms with Crippen LogP contribution in [0.25, 0.3) is 11.3 Å². The van der Waals surface area contributed by atoms with Gasteiger partial charge in [-0.05, 0) is 28.1 Å². The van der Waals surface area contributed by atoms with Crippen molar-refractivity contribution in [2.45, 2.75) is 12.5 Å². The van der Waals surface area contributed by atoms with Gasteiger partial charge in [-0.2, -0.15) is 0 Å². The molecule has 8 nitrogen and oxygen atoms in total. The second-order valence-electron chi connectivity index (χ2n) is 4.35. The molecule has 0 radical (unpaired) electrons. The third-order valence-corrected chi connectivity index (χ3v) is 3.43. The Hall–Kier alpha value is -1.68.